The SMILES string of the molecule is COc1cc2ncnc(Nc3cccc(Cl)c3F)c2cc1OC1CCC(N(C)C(=O)N(C)C)CC1. The Balaban J connectivity index is 1.55. The standard InChI is InChI=1S/C25H29ClFN5O3/c1-31(2)25(33)32(3)15-8-10-16(11-9-15)35-22-12-17-20(13-21(22)34-4)28-14-29-24(17)30-19-7-5-6-18(26)23(19)27/h5-7,12-16H,8-11H2,1-4H3,(H,28,29,30). The number of rotatable bonds is 6. The van der Waals surface area contributed by atoms with Crippen LogP contribution in [0, 0.1) is 5.82 Å². The quantitative estimate of drug-likeness (QED) is 0.482. The lowest BCUT2D eigenvalue weighted by Crippen LogP contribution is -2.45. The van der Waals surface area contributed by atoms with Gasteiger partial charge in [0.15, 0.2) is 17.3 Å². The molecule has 1 saturated carbocycles. The first-order chi connectivity index (χ1) is 16.8. The Kier molecular flexibility index (Phi) is 7.45. The largest absolute Gasteiger partial charge is 0.493 e. The van der Waals surface area contributed by atoms with Gasteiger partial charge in [0.2, 0.25) is 0 Å². The molecule has 4 rings (SSSR count). The number of carbonyl (C=O) groups excluding carboxylic acids is 1. The lowest BCUT2D eigenvalue weighted by atomic mass is 9.92. The van der Waals surface area contributed by atoms with Gasteiger partial charge in [0, 0.05) is 38.6 Å². The number of hydrogen-bond acceptors (Lipinski definition) is 6. The lowest BCUT2D eigenvalue weighted by Gasteiger charge is -2.36. The topological polar surface area (TPSA) is 79.8 Å². The molecule has 0 saturated heterocycles. The molecule has 186 valence electrons. The first-order valence-corrected chi connectivity index (χ1v) is 11.8. The number of methoxy groups -OCH3 is 1. The van der Waals surface area contributed by atoms with E-state index in [9.17, 15) is 9.18 Å². The zero-order valence-corrected chi connectivity index (χ0v) is 21.0. The fourth-order valence-corrected chi connectivity index (χ4v) is 4.52. The van der Waals surface area contributed by atoms with Gasteiger partial charge in [0.1, 0.15) is 12.1 Å². The van der Waals surface area contributed by atoms with Crippen LogP contribution in [0.3, 0.4) is 0 Å². The molecule has 0 atom stereocenters. The van der Waals surface area contributed by atoms with Crippen LogP contribution in [0.2, 0.25) is 5.02 Å². The Labute approximate surface area is 209 Å². The maximum Gasteiger partial charge on any atom is 0.319 e. The summed E-state index contributed by atoms with van der Waals surface area (Å²) in [6, 6.07) is 8.51. The van der Waals surface area contributed by atoms with Gasteiger partial charge in [-0.05, 0) is 43.9 Å². The van der Waals surface area contributed by atoms with E-state index in [4.69, 9.17) is 21.1 Å². The van der Waals surface area contributed by atoms with Gasteiger partial charge in [-0.2, -0.15) is 0 Å². The number of halogens is 2. The minimum atomic E-state index is -0.555. The van der Waals surface area contributed by atoms with Crippen molar-refractivity contribution < 1.29 is 18.7 Å². The molecule has 0 radical (unpaired) electrons. The number of amides is 2. The molecule has 2 amide bonds. The molecule has 1 fully saturated rings. The maximum absolute atomic E-state index is 14.5. The summed E-state index contributed by atoms with van der Waals surface area (Å²) >= 11 is 5.93. The second kappa shape index (κ2) is 10.5. The molecule has 1 aliphatic carbocycles. The molecular formula is C25H29ClFN5O3. The molecule has 0 spiro atoms. The molecule has 0 bridgehead atoms. The number of ether oxygens (including phenoxy) is 2. The monoisotopic (exact) mass is 501 g/mol. The van der Waals surface area contributed by atoms with Crippen molar-refractivity contribution in [2.75, 3.05) is 33.6 Å². The highest BCUT2D eigenvalue weighted by Crippen LogP contribution is 2.37. The predicted molar refractivity (Wildman–Crippen MR) is 134 cm³/mol. The number of nitrogens with one attached hydrogen (secondary N) is 1. The van der Waals surface area contributed by atoms with Crippen LogP contribution in [0.25, 0.3) is 10.9 Å². The van der Waals surface area contributed by atoms with E-state index in [0.29, 0.717) is 28.2 Å². The van der Waals surface area contributed by atoms with Gasteiger partial charge in [-0.25, -0.2) is 19.2 Å². The predicted octanol–water partition coefficient (Wildman–Crippen LogP) is 5.48. The fraction of sp³-hybridized carbons (Fsp3) is 0.400. The van der Waals surface area contributed by atoms with E-state index in [1.54, 1.807) is 49.2 Å². The summed E-state index contributed by atoms with van der Waals surface area (Å²) < 4.78 is 26.4. The highest BCUT2D eigenvalue weighted by molar-refractivity contribution is 6.31. The number of fused-ring (bicyclic) bond motifs is 1. The van der Waals surface area contributed by atoms with Crippen LogP contribution < -0.4 is 14.8 Å². The van der Waals surface area contributed by atoms with Crippen molar-refractivity contribution in [3.8, 4) is 11.5 Å². The van der Waals surface area contributed by atoms with Crippen LogP contribution >= 0.6 is 11.6 Å². The first-order valence-electron chi connectivity index (χ1n) is 11.4. The van der Waals surface area contributed by atoms with Gasteiger partial charge in [-0.1, -0.05) is 17.7 Å². The van der Waals surface area contributed by atoms with Crippen molar-refractivity contribution in [3.05, 3.63) is 47.5 Å². The summed E-state index contributed by atoms with van der Waals surface area (Å²) in [6.45, 7) is 0. The van der Waals surface area contributed by atoms with Gasteiger partial charge in [-0.15, -0.1) is 0 Å². The number of hydrogen-bond donors (Lipinski definition) is 1. The van der Waals surface area contributed by atoms with Gasteiger partial charge < -0.3 is 24.6 Å². The van der Waals surface area contributed by atoms with Crippen LogP contribution in [-0.2, 0) is 0 Å². The number of carbonyl (C=O) groups is 1. The smallest absolute Gasteiger partial charge is 0.319 e. The molecule has 1 aliphatic rings. The van der Waals surface area contributed by atoms with Crippen LogP contribution in [-0.4, -0.2) is 66.2 Å². The van der Waals surface area contributed by atoms with Crippen LogP contribution in [0.1, 0.15) is 25.7 Å². The van der Waals surface area contributed by atoms with Crippen LogP contribution in [0.15, 0.2) is 36.7 Å². The fourth-order valence-electron chi connectivity index (χ4n) is 4.34. The van der Waals surface area contributed by atoms with Crippen LogP contribution in [0.4, 0.5) is 20.7 Å². The molecule has 1 N–H and O–H groups in total. The summed E-state index contributed by atoms with van der Waals surface area (Å²) in [4.78, 5) is 24.3. The van der Waals surface area contributed by atoms with Crippen molar-refractivity contribution in [1.29, 1.82) is 0 Å². The molecular weight excluding hydrogens is 473 g/mol. The van der Waals surface area contributed by atoms with E-state index in [2.05, 4.69) is 15.3 Å². The van der Waals surface area contributed by atoms with Crippen molar-refractivity contribution in [3.63, 3.8) is 0 Å². The summed E-state index contributed by atoms with van der Waals surface area (Å²) in [5.74, 6) is 0.986. The average Bonchev–Trinajstić information content (AvgIpc) is 2.86. The minimum absolute atomic E-state index is 0.00161. The summed E-state index contributed by atoms with van der Waals surface area (Å²) in [6.07, 6.45) is 4.69. The second-order valence-electron chi connectivity index (χ2n) is 8.81. The van der Waals surface area contributed by atoms with Gasteiger partial charge in [0.05, 0.1) is 29.4 Å². The second-order valence-corrected chi connectivity index (χ2v) is 9.21. The number of anilines is 2. The zero-order valence-electron chi connectivity index (χ0n) is 20.2. The minimum Gasteiger partial charge on any atom is -0.493 e. The van der Waals surface area contributed by atoms with Crippen molar-refractivity contribution in [1.82, 2.24) is 19.8 Å². The molecule has 3 aromatic rings. The third kappa shape index (κ3) is 5.35. The number of benzene rings is 2. The summed E-state index contributed by atoms with van der Waals surface area (Å²) in [7, 11) is 6.94. The van der Waals surface area contributed by atoms with E-state index in [0.717, 1.165) is 25.7 Å². The Bertz CT molecular complexity index is 1220. The van der Waals surface area contributed by atoms with E-state index >= 15 is 0 Å². The van der Waals surface area contributed by atoms with E-state index in [1.807, 2.05) is 13.1 Å². The zero-order chi connectivity index (χ0) is 25.1. The molecule has 0 aliphatic heterocycles. The Morgan fingerprint density at radius 1 is 1.11 bits per heavy atom. The average molecular weight is 502 g/mol. The summed E-state index contributed by atoms with van der Waals surface area (Å²) in [5.41, 5.74) is 0.840. The van der Waals surface area contributed by atoms with Crippen LogP contribution in [0.5, 0.6) is 11.5 Å². The third-order valence-electron chi connectivity index (χ3n) is 6.29. The van der Waals surface area contributed by atoms with Crippen molar-refractivity contribution >= 4 is 40.0 Å². The number of urea groups is 1. The molecule has 35 heavy (non-hydrogen) atoms. The highest BCUT2D eigenvalue weighted by atomic mass is 35.5. The Morgan fingerprint density at radius 3 is 2.54 bits per heavy atom. The van der Waals surface area contributed by atoms with Gasteiger partial charge >= 0.3 is 6.03 Å². The van der Waals surface area contributed by atoms with E-state index in [1.165, 1.54) is 12.4 Å². The molecule has 1 aromatic heterocycles. The third-order valence-corrected chi connectivity index (χ3v) is 6.59. The summed E-state index contributed by atoms with van der Waals surface area (Å²) in [5, 5.41) is 3.69. The molecule has 8 nitrogen and oxygen atoms in total. The molecule has 10 heteroatoms. The van der Waals surface area contributed by atoms with E-state index in [-0.39, 0.29) is 28.9 Å². The maximum atomic E-state index is 14.5. The van der Waals surface area contributed by atoms with Gasteiger partial charge in [0.25, 0.3) is 0 Å². The Morgan fingerprint density at radius 2 is 1.86 bits per heavy atom. The Hall–Kier alpha value is -3.33. The number of aromatic nitrogens is 2. The highest BCUT2D eigenvalue weighted by Gasteiger charge is 2.29. The molecule has 1 heterocycles. The van der Waals surface area contributed by atoms with Gasteiger partial charge in [-0.3, -0.25) is 0 Å². The normalized spacial score (nSPS) is 17.7. The van der Waals surface area contributed by atoms with Crippen molar-refractivity contribution in [2.45, 2.75) is 37.8 Å². The van der Waals surface area contributed by atoms with Crippen molar-refractivity contribution in [2.24, 2.45) is 0 Å². The molecule has 0 unspecified atom stereocenters. The lowest BCUT2D eigenvalue weighted by molar-refractivity contribution is 0.0991. The first kappa shape index (κ1) is 24.8. The molecule has 2 aromatic carbocycles. The van der Waals surface area contributed by atoms with E-state index < -0.39 is 5.82 Å². The number of nitrogens with zero attached hydrogens (tertiary/aromatic N) is 4.